The number of hydrogen-bond acceptors (Lipinski definition) is 1. The summed E-state index contributed by atoms with van der Waals surface area (Å²) in [5, 5.41) is 10.6. The van der Waals surface area contributed by atoms with Crippen LogP contribution in [0.25, 0.3) is 0 Å². The summed E-state index contributed by atoms with van der Waals surface area (Å²) < 4.78 is 0.221. The summed E-state index contributed by atoms with van der Waals surface area (Å²) in [6, 6.07) is 0. The molecule has 0 aliphatic heterocycles. The molecule has 4 rings (SSSR count). The fraction of sp³-hybridized carbons (Fsp3) is 1.00. The summed E-state index contributed by atoms with van der Waals surface area (Å²) in [5.74, 6) is 1.10. The zero-order valence-electron chi connectivity index (χ0n) is 7.47. The first-order valence-corrected chi connectivity index (χ1v) is 6.28. The summed E-state index contributed by atoms with van der Waals surface area (Å²) >= 11 is 10.2. The van der Waals surface area contributed by atoms with E-state index >= 15 is 0 Å². The van der Waals surface area contributed by atoms with Gasteiger partial charge in [0.2, 0.25) is 0 Å². The highest BCUT2D eigenvalue weighted by Crippen LogP contribution is 2.61. The van der Waals surface area contributed by atoms with E-state index < -0.39 is 0 Å². The standard InChI is InChI=1S/C10H14BrClO/c11-9-1-6-3-10(13,5-9)4-7(2-9)8(6)12/h6-8,13H,1-5H2. The lowest BCUT2D eigenvalue weighted by molar-refractivity contribution is -0.110. The van der Waals surface area contributed by atoms with Crippen LogP contribution in [-0.2, 0) is 0 Å². The monoisotopic (exact) mass is 264 g/mol. The fourth-order valence-corrected chi connectivity index (χ4v) is 5.65. The molecule has 0 heterocycles. The van der Waals surface area contributed by atoms with Gasteiger partial charge in [-0.2, -0.15) is 0 Å². The maximum absolute atomic E-state index is 10.3. The maximum Gasteiger partial charge on any atom is 0.0667 e. The molecule has 0 amide bonds. The third-order valence-electron chi connectivity index (χ3n) is 4.09. The predicted octanol–water partition coefficient (Wildman–Crippen LogP) is 2.68. The summed E-state index contributed by atoms with van der Waals surface area (Å²) in [6.07, 6.45) is 5.15. The molecule has 4 fully saturated rings. The van der Waals surface area contributed by atoms with Crippen molar-refractivity contribution in [3.63, 3.8) is 0 Å². The van der Waals surface area contributed by atoms with E-state index in [1.807, 2.05) is 0 Å². The SMILES string of the molecule is OC12CC3CC(Br)(CC(C1)C3Cl)C2. The van der Waals surface area contributed by atoms with Gasteiger partial charge < -0.3 is 5.11 Å². The average molecular weight is 266 g/mol. The van der Waals surface area contributed by atoms with Crippen LogP contribution < -0.4 is 0 Å². The van der Waals surface area contributed by atoms with Crippen molar-refractivity contribution in [2.45, 2.75) is 47.4 Å². The lowest BCUT2D eigenvalue weighted by atomic mass is 9.54. The van der Waals surface area contributed by atoms with E-state index in [2.05, 4.69) is 15.9 Å². The molecule has 4 aliphatic rings. The quantitative estimate of drug-likeness (QED) is 0.668. The number of rotatable bonds is 0. The molecule has 3 heteroatoms. The molecule has 2 unspecified atom stereocenters. The van der Waals surface area contributed by atoms with E-state index in [1.165, 1.54) is 12.8 Å². The third kappa shape index (κ3) is 1.22. The first-order valence-electron chi connectivity index (χ1n) is 5.05. The highest BCUT2D eigenvalue weighted by atomic mass is 79.9. The summed E-state index contributed by atoms with van der Waals surface area (Å²) in [6.45, 7) is 0. The molecular weight excluding hydrogens is 251 g/mol. The molecule has 2 atom stereocenters. The molecule has 4 bridgehead atoms. The van der Waals surface area contributed by atoms with Gasteiger partial charge in [0.05, 0.1) is 5.60 Å². The second-order valence-corrected chi connectivity index (χ2v) is 7.52. The Labute approximate surface area is 92.0 Å². The van der Waals surface area contributed by atoms with E-state index in [1.54, 1.807) is 0 Å². The van der Waals surface area contributed by atoms with Crippen molar-refractivity contribution in [1.29, 1.82) is 0 Å². The van der Waals surface area contributed by atoms with Gasteiger partial charge in [0.1, 0.15) is 0 Å². The van der Waals surface area contributed by atoms with Crippen molar-refractivity contribution in [2.24, 2.45) is 11.8 Å². The zero-order chi connectivity index (χ0) is 9.27. The van der Waals surface area contributed by atoms with Crippen LogP contribution in [0, 0.1) is 11.8 Å². The van der Waals surface area contributed by atoms with Crippen LogP contribution in [0.5, 0.6) is 0 Å². The Morgan fingerprint density at radius 3 is 2.15 bits per heavy atom. The van der Waals surface area contributed by atoms with Gasteiger partial charge in [-0.25, -0.2) is 0 Å². The third-order valence-corrected chi connectivity index (χ3v) is 5.73. The number of hydrogen-bond donors (Lipinski definition) is 1. The van der Waals surface area contributed by atoms with Gasteiger partial charge >= 0.3 is 0 Å². The molecule has 0 radical (unpaired) electrons. The Kier molecular flexibility index (Phi) is 1.70. The van der Waals surface area contributed by atoms with Gasteiger partial charge in [0, 0.05) is 9.70 Å². The molecular formula is C10H14BrClO. The first-order chi connectivity index (χ1) is 6.00. The zero-order valence-corrected chi connectivity index (χ0v) is 9.81. The van der Waals surface area contributed by atoms with E-state index in [0.717, 1.165) is 19.3 Å². The molecule has 13 heavy (non-hydrogen) atoms. The number of halogens is 2. The highest BCUT2D eigenvalue weighted by Gasteiger charge is 2.59. The van der Waals surface area contributed by atoms with Gasteiger partial charge in [0.15, 0.2) is 0 Å². The Balaban J connectivity index is 1.99. The molecule has 0 saturated heterocycles. The molecule has 1 N–H and O–H groups in total. The number of aliphatic hydroxyl groups is 1. The molecule has 0 spiro atoms. The summed E-state index contributed by atoms with van der Waals surface area (Å²) in [7, 11) is 0. The van der Waals surface area contributed by atoms with E-state index in [0.29, 0.717) is 17.2 Å². The van der Waals surface area contributed by atoms with Crippen molar-refractivity contribution in [3.8, 4) is 0 Å². The molecule has 0 aromatic carbocycles. The molecule has 4 aliphatic carbocycles. The Morgan fingerprint density at radius 1 is 1.15 bits per heavy atom. The van der Waals surface area contributed by atoms with Crippen molar-refractivity contribution in [1.82, 2.24) is 0 Å². The Morgan fingerprint density at radius 2 is 1.69 bits per heavy atom. The normalized spacial score (nSPS) is 64.4. The van der Waals surface area contributed by atoms with Crippen LogP contribution in [0.2, 0.25) is 0 Å². The van der Waals surface area contributed by atoms with Crippen LogP contribution in [0.3, 0.4) is 0 Å². The molecule has 0 aromatic heterocycles. The lowest BCUT2D eigenvalue weighted by Crippen LogP contribution is -2.60. The Bertz CT molecular complexity index is 219. The topological polar surface area (TPSA) is 20.2 Å². The second-order valence-electron chi connectivity index (χ2n) is 5.33. The van der Waals surface area contributed by atoms with Crippen LogP contribution in [-0.4, -0.2) is 20.4 Å². The minimum atomic E-state index is -0.388. The van der Waals surface area contributed by atoms with Crippen molar-refractivity contribution in [3.05, 3.63) is 0 Å². The van der Waals surface area contributed by atoms with Crippen LogP contribution in [0.1, 0.15) is 32.1 Å². The smallest absolute Gasteiger partial charge is 0.0667 e. The average Bonchev–Trinajstić information content (AvgIpc) is 1.94. The predicted molar refractivity (Wildman–Crippen MR) is 56.3 cm³/mol. The first kappa shape index (κ1) is 8.99. The highest BCUT2D eigenvalue weighted by molar-refractivity contribution is 9.10. The summed E-state index contributed by atoms with van der Waals surface area (Å²) in [5.41, 5.74) is -0.388. The van der Waals surface area contributed by atoms with E-state index in [4.69, 9.17) is 11.6 Å². The summed E-state index contributed by atoms with van der Waals surface area (Å²) in [4.78, 5) is 0. The largest absolute Gasteiger partial charge is 0.390 e. The Hall–Kier alpha value is 0.730. The van der Waals surface area contributed by atoms with Crippen molar-refractivity contribution >= 4 is 27.5 Å². The maximum atomic E-state index is 10.3. The van der Waals surface area contributed by atoms with Gasteiger partial charge in [-0.05, 0) is 43.9 Å². The van der Waals surface area contributed by atoms with E-state index in [9.17, 15) is 5.11 Å². The lowest BCUT2D eigenvalue weighted by Gasteiger charge is -2.60. The van der Waals surface area contributed by atoms with E-state index in [-0.39, 0.29) is 9.93 Å². The van der Waals surface area contributed by atoms with Gasteiger partial charge in [-0.15, -0.1) is 11.6 Å². The molecule has 1 nitrogen and oxygen atoms in total. The van der Waals surface area contributed by atoms with Crippen LogP contribution in [0.15, 0.2) is 0 Å². The fourth-order valence-electron chi connectivity index (χ4n) is 3.94. The molecule has 74 valence electrons. The van der Waals surface area contributed by atoms with Gasteiger partial charge in [-0.1, -0.05) is 15.9 Å². The minimum absolute atomic E-state index is 0.221. The van der Waals surface area contributed by atoms with Gasteiger partial charge in [0.25, 0.3) is 0 Å². The molecule has 4 saturated carbocycles. The van der Waals surface area contributed by atoms with Gasteiger partial charge in [-0.3, -0.25) is 0 Å². The second kappa shape index (κ2) is 2.45. The van der Waals surface area contributed by atoms with Crippen LogP contribution in [0.4, 0.5) is 0 Å². The molecule has 0 aromatic rings. The number of alkyl halides is 2. The minimum Gasteiger partial charge on any atom is -0.390 e. The van der Waals surface area contributed by atoms with Crippen LogP contribution >= 0.6 is 27.5 Å². The van der Waals surface area contributed by atoms with Crippen molar-refractivity contribution < 1.29 is 5.11 Å². The van der Waals surface area contributed by atoms with Crippen molar-refractivity contribution in [2.75, 3.05) is 0 Å².